The van der Waals surface area contributed by atoms with E-state index in [4.69, 9.17) is 11.8 Å². The fourth-order valence-electron chi connectivity index (χ4n) is 1.12. The third kappa shape index (κ3) is 1.95. The van der Waals surface area contributed by atoms with Crippen LogP contribution in [0.25, 0.3) is 0 Å². The van der Waals surface area contributed by atoms with Crippen molar-refractivity contribution in [1.29, 1.82) is 0 Å². The highest BCUT2D eigenvalue weighted by atomic mass is 16.5. The minimum Gasteiger partial charge on any atom is -0.369 e. The molecule has 0 aliphatic carbocycles. The van der Waals surface area contributed by atoms with Crippen LogP contribution in [-0.2, 0) is 4.74 Å². The van der Waals surface area contributed by atoms with Crippen molar-refractivity contribution in [2.75, 3.05) is 20.1 Å². The Kier molecular flexibility index (Phi) is 2.49. The molecule has 1 aliphatic rings. The van der Waals surface area contributed by atoms with E-state index in [9.17, 15) is 0 Å². The molecule has 0 aromatic rings. The fraction of sp³-hybridized carbons (Fsp3) is 0.857. The van der Waals surface area contributed by atoms with Crippen LogP contribution in [0.2, 0.25) is 0 Å². The second-order valence-electron chi connectivity index (χ2n) is 2.64. The van der Waals surface area contributed by atoms with E-state index in [0.29, 0.717) is 6.10 Å². The van der Waals surface area contributed by atoms with Gasteiger partial charge in [0.2, 0.25) is 0 Å². The summed E-state index contributed by atoms with van der Waals surface area (Å²) in [7, 11) is 7.15. The number of ether oxygens (including phenoxy) is 1. The maximum Gasteiger partial charge on any atom is 0.115 e. The summed E-state index contributed by atoms with van der Waals surface area (Å²) < 4.78 is 4.71. The summed E-state index contributed by atoms with van der Waals surface area (Å²) in [6, 6.07) is 0. The van der Waals surface area contributed by atoms with Gasteiger partial charge < -0.3 is 9.64 Å². The summed E-state index contributed by atoms with van der Waals surface area (Å²) >= 11 is 0. The molecule has 0 saturated carbocycles. The van der Waals surface area contributed by atoms with E-state index in [-0.39, 0.29) is 0 Å². The Morgan fingerprint density at radius 3 is 2.44 bits per heavy atom. The molecule has 2 radical (unpaired) electrons. The van der Waals surface area contributed by atoms with Crippen LogP contribution in [0.15, 0.2) is 0 Å². The molecule has 0 unspecified atom stereocenters. The van der Waals surface area contributed by atoms with Crippen molar-refractivity contribution in [3.63, 3.8) is 0 Å². The Balaban J connectivity index is 2.18. The first-order valence-corrected chi connectivity index (χ1v) is 3.37. The summed E-state index contributed by atoms with van der Waals surface area (Å²) in [4.78, 5) is 2.29. The lowest BCUT2D eigenvalue weighted by Gasteiger charge is -2.27. The predicted octanol–water partition coefficient (Wildman–Crippen LogP) is 0.766. The SMILES string of the molecule is [CH]OC1CCN(C)CC1. The maximum absolute atomic E-state index is 5.03. The lowest BCUT2D eigenvalue weighted by molar-refractivity contribution is 0.0725. The van der Waals surface area contributed by atoms with Crippen molar-refractivity contribution >= 4 is 0 Å². The number of hydrogen-bond acceptors (Lipinski definition) is 2. The van der Waals surface area contributed by atoms with Gasteiger partial charge in [-0.05, 0) is 19.9 Å². The third-order valence-corrected chi connectivity index (χ3v) is 1.86. The number of rotatable bonds is 1. The Morgan fingerprint density at radius 1 is 1.44 bits per heavy atom. The molecular formula is C7H13NO. The molecule has 1 heterocycles. The lowest BCUT2D eigenvalue weighted by atomic mass is 10.1. The van der Waals surface area contributed by atoms with Gasteiger partial charge in [0.15, 0.2) is 0 Å². The largest absolute Gasteiger partial charge is 0.369 e. The number of hydrogen-bond donors (Lipinski definition) is 0. The second-order valence-corrected chi connectivity index (χ2v) is 2.64. The first kappa shape index (κ1) is 7.03. The minimum atomic E-state index is 0.307. The summed E-state index contributed by atoms with van der Waals surface area (Å²) in [5, 5.41) is 0. The molecule has 52 valence electrons. The van der Waals surface area contributed by atoms with Gasteiger partial charge in [-0.25, -0.2) is 0 Å². The summed E-state index contributed by atoms with van der Waals surface area (Å²) in [6.07, 6.45) is 2.46. The van der Waals surface area contributed by atoms with Crippen molar-refractivity contribution in [1.82, 2.24) is 4.90 Å². The molecule has 0 aromatic heterocycles. The molecule has 1 aliphatic heterocycles. The van der Waals surface area contributed by atoms with E-state index in [2.05, 4.69) is 11.9 Å². The summed E-state index contributed by atoms with van der Waals surface area (Å²) in [6.45, 7) is 2.23. The van der Waals surface area contributed by atoms with Gasteiger partial charge in [-0.2, -0.15) is 0 Å². The maximum atomic E-state index is 5.03. The predicted molar refractivity (Wildman–Crippen MR) is 35.9 cm³/mol. The second kappa shape index (κ2) is 3.18. The van der Waals surface area contributed by atoms with Gasteiger partial charge in [0.05, 0.1) is 6.10 Å². The number of likely N-dealkylation sites (tertiary alicyclic amines) is 1. The van der Waals surface area contributed by atoms with Crippen molar-refractivity contribution < 1.29 is 4.74 Å². The Hall–Kier alpha value is -0.0800. The van der Waals surface area contributed by atoms with Gasteiger partial charge >= 0.3 is 0 Å². The topological polar surface area (TPSA) is 12.5 Å². The quantitative estimate of drug-likeness (QED) is 0.515. The van der Waals surface area contributed by atoms with Crippen molar-refractivity contribution in [3.8, 4) is 0 Å². The van der Waals surface area contributed by atoms with Crippen molar-refractivity contribution in [2.45, 2.75) is 18.9 Å². The lowest BCUT2D eigenvalue weighted by Crippen LogP contribution is -2.33. The average molecular weight is 127 g/mol. The molecule has 1 rings (SSSR count). The van der Waals surface area contributed by atoms with E-state index in [1.807, 2.05) is 0 Å². The van der Waals surface area contributed by atoms with Crippen LogP contribution in [0.1, 0.15) is 12.8 Å². The van der Waals surface area contributed by atoms with Gasteiger partial charge in [-0.1, -0.05) is 0 Å². The number of nitrogens with zero attached hydrogens (tertiary/aromatic N) is 1. The number of piperidine rings is 1. The average Bonchev–Trinajstić information content (AvgIpc) is 1.90. The normalized spacial score (nSPS) is 24.7. The molecule has 0 atom stereocenters. The molecule has 0 aromatic carbocycles. The van der Waals surface area contributed by atoms with Gasteiger partial charge in [-0.3, -0.25) is 0 Å². The summed E-state index contributed by atoms with van der Waals surface area (Å²) in [5.74, 6) is 0. The van der Waals surface area contributed by atoms with Gasteiger partial charge in [0, 0.05) is 13.1 Å². The van der Waals surface area contributed by atoms with Gasteiger partial charge in [-0.15, -0.1) is 0 Å². The Labute approximate surface area is 56.8 Å². The van der Waals surface area contributed by atoms with Crippen LogP contribution >= 0.6 is 0 Å². The fourth-order valence-corrected chi connectivity index (χ4v) is 1.12. The molecule has 1 saturated heterocycles. The highest BCUT2D eigenvalue weighted by molar-refractivity contribution is 4.69. The van der Waals surface area contributed by atoms with E-state index in [1.165, 1.54) is 0 Å². The molecule has 0 N–H and O–H groups in total. The van der Waals surface area contributed by atoms with E-state index in [0.717, 1.165) is 25.9 Å². The Morgan fingerprint density at radius 2 is 2.00 bits per heavy atom. The van der Waals surface area contributed by atoms with Crippen LogP contribution < -0.4 is 0 Å². The van der Waals surface area contributed by atoms with Crippen LogP contribution in [0.5, 0.6) is 0 Å². The molecule has 2 heteroatoms. The highest BCUT2D eigenvalue weighted by Gasteiger charge is 2.14. The zero-order chi connectivity index (χ0) is 6.69. The van der Waals surface area contributed by atoms with Gasteiger partial charge in [0.25, 0.3) is 0 Å². The zero-order valence-electron chi connectivity index (χ0n) is 5.84. The van der Waals surface area contributed by atoms with E-state index >= 15 is 0 Å². The van der Waals surface area contributed by atoms with Crippen LogP contribution in [0.3, 0.4) is 0 Å². The first-order chi connectivity index (χ1) is 4.33. The van der Waals surface area contributed by atoms with Crippen molar-refractivity contribution in [3.05, 3.63) is 7.11 Å². The smallest absolute Gasteiger partial charge is 0.115 e. The molecule has 0 spiro atoms. The molecule has 1 fully saturated rings. The molecular weight excluding hydrogens is 114 g/mol. The minimum absolute atomic E-state index is 0.307. The Bertz CT molecular complexity index is 77.0. The van der Waals surface area contributed by atoms with Crippen LogP contribution in [0, 0.1) is 7.11 Å². The highest BCUT2D eigenvalue weighted by Crippen LogP contribution is 2.10. The zero-order valence-corrected chi connectivity index (χ0v) is 5.84. The summed E-state index contributed by atoms with van der Waals surface area (Å²) in [5.41, 5.74) is 0. The van der Waals surface area contributed by atoms with Crippen LogP contribution in [-0.4, -0.2) is 31.1 Å². The molecule has 0 amide bonds. The van der Waals surface area contributed by atoms with Gasteiger partial charge in [0.1, 0.15) is 7.11 Å². The molecule has 9 heavy (non-hydrogen) atoms. The molecule has 2 nitrogen and oxygen atoms in total. The van der Waals surface area contributed by atoms with Crippen LogP contribution in [0.4, 0.5) is 0 Å². The standard InChI is InChI=1S/C7H13NO/c1-8-5-3-7(9-2)4-6-8/h2,7H,3-6H2,1H3. The van der Waals surface area contributed by atoms with E-state index < -0.39 is 0 Å². The monoisotopic (exact) mass is 127 g/mol. The third-order valence-electron chi connectivity index (χ3n) is 1.86. The molecule has 0 bridgehead atoms. The van der Waals surface area contributed by atoms with E-state index in [1.54, 1.807) is 0 Å². The first-order valence-electron chi connectivity index (χ1n) is 3.37. The van der Waals surface area contributed by atoms with Crippen molar-refractivity contribution in [2.24, 2.45) is 0 Å².